The summed E-state index contributed by atoms with van der Waals surface area (Å²) in [5, 5.41) is 11.1. The van der Waals surface area contributed by atoms with Gasteiger partial charge in [-0.05, 0) is 54.7 Å². The molecule has 0 spiro atoms. The Balaban J connectivity index is 1.82. The first-order valence-electron chi connectivity index (χ1n) is 9.66. The van der Waals surface area contributed by atoms with Crippen molar-refractivity contribution in [2.45, 2.75) is 30.9 Å². The maximum atomic E-state index is 13.4. The van der Waals surface area contributed by atoms with Crippen LogP contribution in [0.3, 0.4) is 0 Å². The molecule has 0 saturated carbocycles. The van der Waals surface area contributed by atoms with Crippen LogP contribution in [-0.4, -0.2) is 17.1 Å². The van der Waals surface area contributed by atoms with Crippen molar-refractivity contribution in [1.82, 2.24) is 9.97 Å². The minimum Gasteiger partial charge on any atom is -0.493 e. The van der Waals surface area contributed by atoms with E-state index < -0.39 is 17.2 Å². The van der Waals surface area contributed by atoms with Gasteiger partial charge in [-0.3, -0.25) is 0 Å². The fourth-order valence-electron chi connectivity index (χ4n) is 4.48. The van der Waals surface area contributed by atoms with E-state index in [0.717, 1.165) is 23.4 Å². The molecule has 0 fully saturated rings. The molecule has 0 N–H and O–H groups in total. The van der Waals surface area contributed by atoms with Crippen molar-refractivity contribution < 1.29 is 22.3 Å². The fourth-order valence-corrected chi connectivity index (χ4v) is 4.48. The second-order valence-electron chi connectivity index (χ2n) is 7.70. The van der Waals surface area contributed by atoms with E-state index >= 15 is 0 Å². The van der Waals surface area contributed by atoms with Crippen LogP contribution in [0.25, 0.3) is 21.9 Å². The highest BCUT2D eigenvalue weighted by Gasteiger charge is 2.40. The number of hydrogen-bond acceptors (Lipinski definition) is 5. The number of hydrogen-bond donors (Lipinski definition) is 0. The summed E-state index contributed by atoms with van der Waals surface area (Å²) in [6, 6.07) is 9.28. The number of nitrogens with zero attached hydrogens (tertiary/aromatic N) is 3. The van der Waals surface area contributed by atoms with Crippen LogP contribution in [0.2, 0.25) is 0 Å². The molecule has 2 aromatic heterocycles. The third-order valence-electron chi connectivity index (χ3n) is 6.02. The average Bonchev–Trinajstić information content (AvgIpc) is 3.16. The number of halogens is 3. The summed E-state index contributed by atoms with van der Waals surface area (Å²) in [6.07, 6.45) is 0.107. The lowest BCUT2D eigenvalue weighted by Gasteiger charge is -2.32. The van der Waals surface area contributed by atoms with E-state index in [-0.39, 0.29) is 0 Å². The van der Waals surface area contributed by atoms with E-state index in [4.69, 9.17) is 9.15 Å². The Morgan fingerprint density at radius 3 is 2.81 bits per heavy atom. The lowest BCUT2D eigenvalue weighted by atomic mass is 9.68. The number of fused-ring (bicyclic) bond motifs is 4. The molecule has 0 saturated heterocycles. The number of nitriles is 1. The van der Waals surface area contributed by atoms with Crippen molar-refractivity contribution in [2.75, 3.05) is 7.11 Å². The van der Waals surface area contributed by atoms with Crippen LogP contribution < -0.4 is 4.74 Å². The molecule has 4 aromatic rings. The van der Waals surface area contributed by atoms with Gasteiger partial charge in [-0.1, -0.05) is 6.07 Å². The Hall–Kier alpha value is -3.60. The molecule has 1 aliphatic rings. The standard InChI is InChI=1S/C23H16F3N3O2/c1-30-19-5-3-16(22(11-27)7-6-17-13(9-22)10-28-12-29-17)20-15-8-14(23(24,25)26)2-4-18(15)31-21(19)20/h2-5,8,10,12H,6-7,9H2,1H3. The van der Waals surface area contributed by atoms with Gasteiger partial charge in [-0.15, -0.1) is 0 Å². The molecular formula is C23H16F3N3O2. The molecule has 1 unspecified atom stereocenters. The van der Waals surface area contributed by atoms with Crippen molar-refractivity contribution in [3.05, 3.63) is 65.2 Å². The van der Waals surface area contributed by atoms with Gasteiger partial charge in [0.1, 0.15) is 11.9 Å². The van der Waals surface area contributed by atoms with Crippen LogP contribution in [0.5, 0.6) is 5.75 Å². The number of rotatable bonds is 2. The average molecular weight is 423 g/mol. The Morgan fingerprint density at radius 1 is 1.23 bits per heavy atom. The van der Waals surface area contributed by atoms with Gasteiger partial charge in [0.2, 0.25) is 0 Å². The van der Waals surface area contributed by atoms with E-state index in [9.17, 15) is 18.4 Å². The maximum Gasteiger partial charge on any atom is 0.416 e. The molecule has 31 heavy (non-hydrogen) atoms. The first kappa shape index (κ1) is 19.4. The molecule has 5 rings (SSSR count). The second-order valence-corrected chi connectivity index (χ2v) is 7.70. The molecule has 8 heteroatoms. The van der Waals surface area contributed by atoms with Gasteiger partial charge in [0.05, 0.1) is 24.2 Å². The van der Waals surface area contributed by atoms with E-state index in [1.54, 1.807) is 18.3 Å². The Morgan fingerprint density at radius 2 is 2.06 bits per heavy atom. The van der Waals surface area contributed by atoms with Gasteiger partial charge in [0.25, 0.3) is 0 Å². The van der Waals surface area contributed by atoms with Crippen LogP contribution in [0, 0.1) is 11.3 Å². The summed E-state index contributed by atoms with van der Waals surface area (Å²) in [6.45, 7) is 0. The van der Waals surface area contributed by atoms with E-state index in [2.05, 4.69) is 16.0 Å². The fraction of sp³-hybridized carbons (Fsp3) is 0.261. The zero-order valence-corrected chi connectivity index (χ0v) is 16.5. The van der Waals surface area contributed by atoms with Gasteiger partial charge in [-0.25, -0.2) is 9.97 Å². The third kappa shape index (κ3) is 2.92. The van der Waals surface area contributed by atoms with Crippen LogP contribution >= 0.6 is 0 Å². The van der Waals surface area contributed by atoms with Gasteiger partial charge < -0.3 is 9.15 Å². The summed E-state index contributed by atoms with van der Waals surface area (Å²) >= 11 is 0. The predicted octanol–water partition coefficient (Wildman–Crippen LogP) is 5.35. The normalized spacial score (nSPS) is 18.7. The first-order chi connectivity index (χ1) is 14.9. The highest BCUT2D eigenvalue weighted by Crippen LogP contribution is 2.46. The SMILES string of the molecule is COc1ccc(C2(C#N)CCc3ncncc3C2)c2c1oc1ccc(C(F)(F)F)cc12. The summed E-state index contributed by atoms with van der Waals surface area (Å²) in [5.41, 5.74) is 1.29. The third-order valence-corrected chi connectivity index (χ3v) is 6.02. The smallest absolute Gasteiger partial charge is 0.416 e. The summed E-state index contributed by atoms with van der Waals surface area (Å²) < 4.78 is 51.5. The highest BCUT2D eigenvalue weighted by molar-refractivity contribution is 6.09. The molecule has 156 valence electrons. The summed E-state index contributed by atoms with van der Waals surface area (Å²) in [5.74, 6) is 0.399. The number of aromatic nitrogens is 2. The monoisotopic (exact) mass is 423 g/mol. The van der Waals surface area contributed by atoms with Gasteiger partial charge in [0, 0.05) is 22.7 Å². The molecule has 0 amide bonds. The number of methoxy groups -OCH3 is 1. The topological polar surface area (TPSA) is 71.9 Å². The Labute approximate surface area is 175 Å². The molecule has 0 bridgehead atoms. The van der Waals surface area contributed by atoms with Crippen molar-refractivity contribution in [2.24, 2.45) is 0 Å². The molecule has 1 aliphatic carbocycles. The van der Waals surface area contributed by atoms with Crippen molar-refractivity contribution in [1.29, 1.82) is 5.26 Å². The van der Waals surface area contributed by atoms with Crippen LogP contribution in [0.4, 0.5) is 13.2 Å². The largest absolute Gasteiger partial charge is 0.493 e. The van der Waals surface area contributed by atoms with Crippen molar-refractivity contribution in [3.8, 4) is 11.8 Å². The molecule has 5 nitrogen and oxygen atoms in total. The Kier molecular flexibility index (Phi) is 4.19. The van der Waals surface area contributed by atoms with Gasteiger partial charge >= 0.3 is 6.18 Å². The molecular weight excluding hydrogens is 407 g/mol. The molecule has 2 aromatic carbocycles. The van der Waals surface area contributed by atoms with Gasteiger partial charge in [0.15, 0.2) is 11.3 Å². The maximum absolute atomic E-state index is 13.4. The minimum absolute atomic E-state index is 0.307. The Bertz CT molecular complexity index is 1370. The van der Waals surface area contributed by atoms with Crippen LogP contribution in [0.15, 0.2) is 47.3 Å². The molecule has 2 heterocycles. The second kappa shape index (κ2) is 6.71. The predicted molar refractivity (Wildman–Crippen MR) is 107 cm³/mol. The highest BCUT2D eigenvalue weighted by atomic mass is 19.4. The van der Waals surface area contributed by atoms with Crippen LogP contribution in [0.1, 0.15) is 28.8 Å². The minimum atomic E-state index is -4.50. The van der Waals surface area contributed by atoms with E-state index in [1.165, 1.54) is 19.5 Å². The molecule has 0 radical (unpaired) electrons. The summed E-state index contributed by atoms with van der Waals surface area (Å²) in [4.78, 5) is 8.37. The quantitative estimate of drug-likeness (QED) is 0.434. The van der Waals surface area contributed by atoms with E-state index in [0.29, 0.717) is 52.5 Å². The number of aryl methyl sites for hydroxylation is 1. The van der Waals surface area contributed by atoms with Gasteiger partial charge in [-0.2, -0.15) is 18.4 Å². The molecule has 1 atom stereocenters. The van der Waals surface area contributed by atoms with Crippen LogP contribution in [-0.2, 0) is 24.4 Å². The van der Waals surface area contributed by atoms with Crippen molar-refractivity contribution >= 4 is 21.9 Å². The lowest BCUT2D eigenvalue weighted by Crippen LogP contribution is -2.32. The number of ether oxygens (including phenoxy) is 1. The number of benzene rings is 2. The molecule has 0 aliphatic heterocycles. The zero-order chi connectivity index (χ0) is 21.8. The number of alkyl halides is 3. The summed E-state index contributed by atoms with van der Waals surface area (Å²) in [7, 11) is 1.47. The zero-order valence-electron chi connectivity index (χ0n) is 16.5. The van der Waals surface area contributed by atoms with E-state index in [1.807, 2.05) is 0 Å². The first-order valence-corrected chi connectivity index (χ1v) is 9.66. The lowest BCUT2D eigenvalue weighted by molar-refractivity contribution is -0.137. The van der Waals surface area contributed by atoms with Crippen molar-refractivity contribution in [3.63, 3.8) is 0 Å². The number of furan rings is 1.